The maximum absolute atomic E-state index is 14.3. The van der Waals surface area contributed by atoms with Crippen LogP contribution in [0.2, 0.25) is 0 Å². The van der Waals surface area contributed by atoms with Crippen molar-refractivity contribution in [3.8, 4) is 0 Å². The fraction of sp³-hybridized carbons (Fsp3) is 0.597. The van der Waals surface area contributed by atoms with Crippen LogP contribution in [0.25, 0.3) is 0 Å². The first kappa shape index (κ1) is 73.5. The normalized spacial score (nSPS) is 17.3. The Kier molecular flexibility index (Phi) is 30.1. The molecule has 4 rings (SSSR count). The molecular formula is C62H93N11O16. The number of likely N-dealkylation sites (tertiary alicyclic amines) is 1. The summed E-state index contributed by atoms with van der Waals surface area (Å²) >= 11 is 0. The van der Waals surface area contributed by atoms with Crippen LogP contribution in [0.3, 0.4) is 0 Å². The largest absolute Gasteiger partial charge is 0.445 e. The van der Waals surface area contributed by atoms with E-state index >= 15 is 0 Å². The number of carbonyl (C=O) groups is 11. The maximum atomic E-state index is 14.3. The number of nitrogens with zero attached hydrogens (tertiary/aromatic N) is 3. The first-order chi connectivity index (χ1) is 42.3. The van der Waals surface area contributed by atoms with Crippen molar-refractivity contribution in [3.63, 3.8) is 0 Å². The van der Waals surface area contributed by atoms with Crippen LogP contribution in [0.15, 0.2) is 66.7 Å². The lowest BCUT2D eigenvalue weighted by Crippen LogP contribution is -2.60. The highest BCUT2D eigenvalue weighted by molar-refractivity contribution is 6.13. The number of nitrogens with one attached hydrogen (secondary N) is 7. The molecule has 0 bridgehead atoms. The second-order valence-corrected chi connectivity index (χ2v) is 23.2. The number of methoxy groups -OCH3 is 2. The minimum atomic E-state index is -1.50. The molecule has 27 nitrogen and oxygen atoms in total. The third-order valence-corrected chi connectivity index (χ3v) is 16.1. The lowest BCUT2D eigenvalue weighted by molar-refractivity contribution is -0.143. The summed E-state index contributed by atoms with van der Waals surface area (Å²) in [4.78, 5) is 148. The summed E-state index contributed by atoms with van der Waals surface area (Å²) in [5.41, 5.74) is 6.88. The van der Waals surface area contributed by atoms with Crippen LogP contribution in [-0.4, -0.2) is 199 Å². The molecule has 0 spiro atoms. The van der Waals surface area contributed by atoms with E-state index in [0.29, 0.717) is 37.8 Å². The van der Waals surface area contributed by atoms with Crippen molar-refractivity contribution in [2.75, 3.05) is 59.4 Å². The minimum Gasteiger partial charge on any atom is -0.445 e. The molecule has 2 aromatic carbocycles. The average molecular weight is 1250 g/mol. The average Bonchev–Trinajstić information content (AvgIpc) is 2.61. The molecule has 11 atom stereocenters. The van der Waals surface area contributed by atoms with E-state index < -0.39 is 132 Å². The van der Waals surface area contributed by atoms with Gasteiger partial charge in [0, 0.05) is 65.2 Å². The van der Waals surface area contributed by atoms with Crippen LogP contribution in [0.1, 0.15) is 105 Å². The number of nitrogens with two attached hydrogens (primary N) is 1. The highest BCUT2D eigenvalue weighted by Crippen LogP contribution is 2.29. The number of aliphatic hydroxyl groups excluding tert-OH is 2. The smallest absolute Gasteiger partial charge is 0.410 e. The molecule has 12 amide bonds. The van der Waals surface area contributed by atoms with Gasteiger partial charge in [0.2, 0.25) is 41.4 Å². The molecule has 11 N–H and O–H groups in total. The molecule has 0 aromatic heterocycles. The van der Waals surface area contributed by atoms with Crippen LogP contribution in [0.5, 0.6) is 0 Å². The van der Waals surface area contributed by atoms with Crippen molar-refractivity contribution in [3.05, 3.63) is 77.9 Å². The number of imide groups is 1. The number of urea groups is 1. The van der Waals surface area contributed by atoms with E-state index in [9.17, 15) is 63.0 Å². The second-order valence-electron chi connectivity index (χ2n) is 23.2. The third kappa shape index (κ3) is 22.2. The van der Waals surface area contributed by atoms with E-state index in [4.69, 9.17) is 19.9 Å². The molecule has 0 radical (unpaired) electrons. The number of anilines is 1. The van der Waals surface area contributed by atoms with E-state index in [1.54, 1.807) is 51.7 Å². The van der Waals surface area contributed by atoms with Crippen molar-refractivity contribution < 1.29 is 77.2 Å². The summed E-state index contributed by atoms with van der Waals surface area (Å²) in [6.07, 6.45) is 1.77. The van der Waals surface area contributed by atoms with Crippen LogP contribution in [-0.2, 0) is 70.4 Å². The molecule has 0 aliphatic carbocycles. The van der Waals surface area contributed by atoms with Gasteiger partial charge in [0.15, 0.2) is 0 Å². The molecule has 1 saturated heterocycles. The number of carbonyl (C=O) groups excluding carboxylic acids is 11. The molecule has 0 unspecified atom stereocenters. The molecule has 89 heavy (non-hydrogen) atoms. The number of rotatable bonds is 36. The molecule has 0 saturated carbocycles. The van der Waals surface area contributed by atoms with Crippen molar-refractivity contribution in [1.82, 2.24) is 46.6 Å². The fourth-order valence-corrected chi connectivity index (χ4v) is 10.6. The SMILES string of the molecule is CC[C@H](C)[C@H](NC(=O)[C@@H](NC(=O)[C@H](CO)N(C)C(=O)OCc1ccc(NC(=O)[C@H](CCCNC(N)=O)NC(=O)[C@@H](NC(=O)CCN2C(=O)C=CC2=O)C(C)C)cc1)C(C)C)[C@@H](CC(=O)N1CCC[C@H]1[C@H](OC)[C@@H](C)C(=O)N[C@H](CO)Cc1ccccc1)OC. The van der Waals surface area contributed by atoms with Crippen molar-refractivity contribution in [2.24, 2.45) is 29.4 Å². The van der Waals surface area contributed by atoms with Gasteiger partial charge in [0.25, 0.3) is 11.8 Å². The van der Waals surface area contributed by atoms with E-state index in [1.165, 1.54) is 33.4 Å². The van der Waals surface area contributed by atoms with Gasteiger partial charge in [-0.25, -0.2) is 9.59 Å². The molecule has 27 heteroatoms. The van der Waals surface area contributed by atoms with E-state index in [0.717, 1.165) is 27.5 Å². The zero-order valence-electron chi connectivity index (χ0n) is 52.8. The highest BCUT2D eigenvalue weighted by Gasteiger charge is 2.43. The summed E-state index contributed by atoms with van der Waals surface area (Å²) in [6, 6.07) is 8.14. The number of hydrogen-bond acceptors (Lipinski definition) is 16. The van der Waals surface area contributed by atoms with Crippen LogP contribution in [0.4, 0.5) is 15.3 Å². The van der Waals surface area contributed by atoms with Gasteiger partial charge in [-0.2, -0.15) is 0 Å². The van der Waals surface area contributed by atoms with Gasteiger partial charge in [-0.1, -0.05) is 97.4 Å². The molecule has 2 aliphatic rings. The van der Waals surface area contributed by atoms with Gasteiger partial charge in [-0.05, 0) is 73.1 Å². The van der Waals surface area contributed by atoms with E-state index in [2.05, 4.69) is 37.2 Å². The van der Waals surface area contributed by atoms with Gasteiger partial charge in [0.1, 0.15) is 30.8 Å². The van der Waals surface area contributed by atoms with Gasteiger partial charge < -0.3 is 72.3 Å². The van der Waals surface area contributed by atoms with Gasteiger partial charge in [-0.3, -0.25) is 53.0 Å². The van der Waals surface area contributed by atoms with Crippen LogP contribution in [0, 0.1) is 23.7 Å². The minimum absolute atomic E-state index is 0.0348. The first-order valence-corrected chi connectivity index (χ1v) is 30.3. The Morgan fingerprint density at radius 3 is 1.94 bits per heavy atom. The number of likely N-dealkylation sites (N-methyl/N-ethyl adjacent to an activating group) is 1. The zero-order chi connectivity index (χ0) is 66.1. The predicted octanol–water partition coefficient (Wildman–Crippen LogP) is 1.38. The summed E-state index contributed by atoms with van der Waals surface area (Å²) < 4.78 is 17.4. The van der Waals surface area contributed by atoms with Crippen LogP contribution < -0.4 is 43.0 Å². The standard InChI is InChI=1S/C62H93N11O16/c1-11-38(6)54(47(87-9)32-51(79)72-29-16-20-45(72)55(88-10)39(7)56(80)66-43(33-74)31-40-17-13-12-14-18-40)70-60(84)53(37(4)5)69-58(82)46(34-75)71(8)62(86)89-35-41-21-23-42(24-22-41)65-57(81)44(19-15-28-64-61(63)85)67-59(83)52(36(2)3)68-48(76)27-30-73-49(77)25-26-50(73)78/h12-14,17-18,21-26,36-39,43-47,52-55,74-75H,11,15-16,19-20,27-35H2,1-10H3,(H,65,81)(H,66,80)(H,67,83)(H,68,76)(H,69,82)(H,70,84)(H3,63,64,85)/t38-,39+,43-,44-,45-,46-,47+,52-,53-,54-,55+/m0/s1. The van der Waals surface area contributed by atoms with Gasteiger partial charge >= 0.3 is 12.1 Å². The van der Waals surface area contributed by atoms with E-state index in [1.807, 2.05) is 44.2 Å². The summed E-state index contributed by atoms with van der Waals surface area (Å²) in [6.45, 7) is 11.2. The molecule has 2 aliphatic heterocycles. The molecular weight excluding hydrogens is 1150 g/mol. The fourth-order valence-electron chi connectivity index (χ4n) is 10.6. The van der Waals surface area contributed by atoms with Crippen molar-refractivity contribution >= 4 is 71.0 Å². The molecule has 1 fully saturated rings. The first-order valence-electron chi connectivity index (χ1n) is 30.3. The Morgan fingerprint density at radius 2 is 1.37 bits per heavy atom. The summed E-state index contributed by atoms with van der Waals surface area (Å²) in [5, 5.41) is 39.7. The Labute approximate surface area is 520 Å². The van der Waals surface area contributed by atoms with E-state index in [-0.39, 0.29) is 75.4 Å². The predicted molar refractivity (Wildman–Crippen MR) is 327 cm³/mol. The number of amides is 12. The second kappa shape index (κ2) is 36.5. The monoisotopic (exact) mass is 1250 g/mol. The van der Waals surface area contributed by atoms with Crippen molar-refractivity contribution in [2.45, 2.75) is 161 Å². The van der Waals surface area contributed by atoms with Gasteiger partial charge in [0.05, 0.1) is 55.9 Å². The molecule has 492 valence electrons. The number of aliphatic hydroxyl groups is 2. The Balaban J connectivity index is 1.35. The Morgan fingerprint density at radius 1 is 0.742 bits per heavy atom. The lowest BCUT2D eigenvalue weighted by Gasteiger charge is -2.37. The summed E-state index contributed by atoms with van der Waals surface area (Å²) in [5.74, 6) is -6.99. The number of primary amides is 1. The number of benzene rings is 2. The molecule has 2 aromatic rings. The number of hydrogen-bond donors (Lipinski definition) is 10. The summed E-state index contributed by atoms with van der Waals surface area (Å²) in [7, 11) is 4.19. The van der Waals surface area contributed by atoms with Gasteiger partial charge in [-0.15, -0.1) is 0 Å². The third-order valence-electron chi connectivity index (χ3n) is 16.1. The zero-order valence-corrected chi connectivity index (χ0v) is 52.8. The highest BCUT2D eigenvalue weighted by atomic mass is 16.6. The number of ether oxygens (including phenoxy) is 3. The topological polar surface area (TPSA) is 376 Å². The molecule has 2 heterocycles. The quantitative estimate of drug-likeness (QED) is 0.0340. The Bertz CT molecular complexity index is 2730. The van der Waals surface area contributed by atoms with Crippen molar-refractivity contribution in [1.29, 1.82) is 0 Å². The lowest BCUT2D eigenvalue weighted by atomic mass is 9.90. The Hall–Kier alpha value is -8.01. The maximum Gasteiger partial charge on any atom is 0.410 e. The van der Waals surface area contributed by atoms with Crippen LogP contribution >= 0.6 is 0 Å².